The van der Waals surface area contributed by atoms with Crippen LogP contribution in [0.4, 0.5) is 16.3 Å². The van der Waals surface area contributed by atoms with E-state index in [0.717, 1.165) is 17.1 Å². The van der Waals surface area contributed by atoms with Crippen molar-refractivity contribution in [2.75, 3.05) is 16.4 Å². The molecule has 3 heterocycles. The molecule has 2 unspecified atom stereocenters. The van der Waals surface area contributed by atoms with Gasteiger partial charge in [0.25, 0.3) is 0 Å². The Hall–Kier alpha value is -2.50. The third-order valence-corrected chi connectivity index (χ3v) is 4.27. The van der Waals surface area contributed by atoms with E-state index in [9.17, 15) is 4.79 Å². The largest absolute Gasteiger partial charge is 0.489 e. The SMILES string of the molecule is Cc1[nH]cnc1N1C(=O)N2c3ccccc3OCC2C1C. The maximum absolute atomic E-state index is 12.9. The number of benzene rings is 1. The molecule has 1 saturated heterocycles. The van der Waals surface area contributed by atoms with Gasteiger partial charge < -0.3 is 9.72 Å². The fourth-order valence-corrected chi connectivity index (χ4v) is 3.15. The zero-order chi connectivity index (χ0) is 14.6. The third-order valence-electron chi connectivity index (χ3n) is 4.27. The number of carbonyl (C=O) groups excluding carboxylic acids is 1. The summed E-state index contributed by atoms with van der Waals surface area (Å²) in [6.07, 6.45) is 1.62. The van der Waals surface area contributed by atoms with Gasteiger partial charge in [0.15, 0.2) is 5.82 Å². The van der Waals surface area contributed by atoms with Crippen molar-refractivity contribution in [2.24, 2.45) is 0 Å². The lowest BCUT2D eigenvalue weighted by atomic mass is 10.1. The zero-order valence-corrected chi connectivity index (χ0v) is 11.9. The van der Waals surface area contributed by atoms with Crippen molar-refractivity contribution in [3.8, 4) is 5.75 Å². The highest BCUT2D eigenvalue weighted by atomic mass is 16.5. The number of hydrogen-bond donors (Lipinski definition) is 1. The number of rotatable bonds is 1. The smallest absolute Gasteiger partial charge is 0.331 e. The van der Waals surface area contributed by atoms with E-state index in [1.807, 2.05) is 43.0 Å². The van der Waals surface area contributed by atoms with Crippen LogP contribution in [-0.2, 0) is 0 Å². The highest BCUT2D eigenvalue weighted by Crippen LogP contribution is 2.40. The summed E-state index contributed by atoms with van der Waals surface area (Å²) in [4.78, 5) is 23.8. The van der Waals surface area contributed by atoms with Crippen LogP contribution in [0.25, 0.3) is 0 Å². The van der Waals surface area contributed by atoms with Crippen molar-refractivity contribution in [3.05, 3.63) is 36.3 Å². The van der Waals surface area contributed by atoms with E-state index in [0.29, 0.717) is 12.4 Å². The number of H-pyrrole nitrogens is 1. The van der Waals surface area contributed by atoms with Gasteiger partial charge in [-0.2, -0.15) is 0 Å². The fourth-order valence-electron chi connectivity index (χ4n) is 3.15. The van der Waals surface area contributed by atoms with Crippen LogP contribution >= 0.6 is 0 Å². The number of hydrogen-bond acceptors (Lipinski definition) is 3. The molecule has 21 heavy (non-hydrogen) atoms. The summed E-state index contributed by atoms with van der Waals surface area (Å²) in [7, 11) is 0. The summed E-state index contributed by atoms with van der Waals surface area (Å²) in [6.45, 7) is 4.46. The molecule has 1 aromatic carbocycles. The lowest BCUT2D eigenvalue weighted by Crippen LogP contribution is -2.43. The number of aryl methyl sites for hydroxylation is 1. The third kappa shape index (κ3) is 1.59. The minimum Gasteiger partial charge on any atom is -0.489 e. The summed E-state index contributed by atoms with van der Waals surface area (Å²) in [5.41, 5.74) is 1.73. The standard InChI is InChI=1S/C15H16N4O2/c1-9-14(17-8-16-9)18-10(2)12-7-21-13-6-4-3-5-11(13)19(12)15(18)20/h3-6,8,10,12H,7H2,1-2H3,(H,16,17). The molecule has 0 radical (unpaired) electrons. The number of aromatic amines is 1. The van der Waals surface area contributed by atoms with Gasteiger partial charge >= 0.3 is 6.03 Å². The number of anilines is 2. The summed E-state index contributed by atoms with van der Waals surface area (Å²) in [5.74, 6) is 1.45. The van der Waals surface area contributed by atoms with Gasteiger partial charge in [-0.3, -0.25) is 9.80 Å². The zero-order valence-electron chi connectivity index (χ0n) is 11.9. The summed E-state index contributed by atoms with van der Waals surface area (Å²) >= 11 is 0. The Kier molecular flexibility index (Phi) is 2.48. The highest BCUT2D eigenvalue weighted by molar-refractivity contribution is 6.08. The number of ether oxygens (including phenoxy) is 1. The maximum atomic E-state index is 12.9. The van der Waals surface area contributed by atoms with Gasteiger partial charge in [0, 0.05) is 0 Å². The molecule has 6 heteroatoms. The van der Waals surface area contributed by atoms with E-state index in [2.05, 4.69) is 9.97 Å². The Balaban J connectivity index is 1.80. The lowest BCUT2D eigenvalue weighted by Gasteiger charge is -2.31. The highest BCUT2D eigenvalue weighted by Gasteiger charge is 2.48. The molecule has 4 rings (SSSR count). The number of fused-ring (bicyclic) bond motifs is 3. The Morgan fingerprint density at radius 3 is 2.90 bits per heavy atom. The number of imidazole rings is 1. The second kappa shape index (κ2) is 4.25. The number of carbonyl (C=O) groups is 1. The molecule has 2 atom stereocenters. The average molecular weight is 284 g/mol. The van der Waals surface area contributed by atoms with E-state index in [1.54, 1.807) is 11.2 Å². The molecule has 0 bridgehead atoms. The number of urea groups is 1. The molecular formula is C15H16N4O2. The Morgan fingerprint density at radius 1 is 1.33 bits per heavy atom. The second-order valence-corrected chi connectivity index (χ2v) is 5.46. The quantitative estimate of drug-likeness (QED) is 0.874. The molecule has 0 aliphatic carbocycles. The normalized spacial score (nSPS) is 23.8. The number of nitrogens with zero attached hydrogens (tertiary/aromatic N) is 3. The van der Waals surface area contributed by atoms with Crippen molar-refractivity contribution in [1.29, 1.82) is 0 Å². The molecule has 2 aliphatic rings. The molecule has 1 aromatic heterocycles. The maximum Gasteiger partial charge on any atom is 0.331 e. The van der Waals surface area contributed by atoms with Crippen LogP contribution in [0, 0.1) is 6.92 Å². The van der Waals surface area contributed by atoms with Gasteiger partial charge in [-0.25, -0.2) is 9.78 Å². The molecular weight excluding hydrogens is 268 g/mol. The Bertz CT molecular complexity index is 711. The molecule has 2 amide bonds. The number of amides is 2. The minimum atomic E-state index is -0.0431. The van der Waals surface area contributed by atoms with Crippen LogP contribution in [0.5, 0.6) is 5.75 Å². The molecule has 1 fully saturated rings. The first-order valence-electron chi connectivity index (χ1n) is 7.02. The number of para-hydroxylation sites is 2. The lowest BCUT2D eigenvalue weighted by molar-refractivity contribution is 0.246. The molecule has 0 spiro atoms. The van der Waals surface area contributed by atoms with Crippen molar-refractivity contribution in [2.45, 2.75) is 25.9 Å². The van der Waals surface area contributed by atoms with Crippen molar-refractivity contribution in [1.82, 2.24) is 9.97 Å². The van der Waals surface area contributed by atoms with Crippen LogP contribution in [0.2, 0.25) is 0 Å². The van der Waals surface area contributed by atoms with Gasteiger partial charge in [-0.15, -0.1) is 0 Å². The van der Waals surface area contributed by atoms with Gasteiger partial charge in [0.1, 0.15) is 12.4 Å². The molecule has 108 valence electrons. The average Bonchev–Trinajstić information content (AvgIpc) is 3.01. The summed E-state index contributed by atoms with van der Waals surface area (Å²) in [5, 5.41) is 0. The van der Waals surface area contributed by atoms with Gasteiger partial charge in [0.2, 0.25) is 0 Å². The van der Waals surface area contributed by atoms with E-state index < -0.39 is 0 Å². The molecule has 0 saturated carbocycles. The van der Waals surface area contributed by atoms with Crippen LogP contribution in [-0.4, -0.2) is 34.7 Å². The molecule has 6 nitrogen and oxygen atoms in total. The predicted octanol–water partition coefficient (Wildman–Crippen LogP) is 2.31. The Labute approximate surface area is 122 Å². The van der Waals surface area contributed by atoms with Crippen LogP contribution in [0.1, 0.15) is 12.6 Å². The van der Waals surface area contributed by atoms with E-state index in [4.69, 9.17) is 4.74 Å². The fraction of sp³-hybridized carbons (Fsp3) is 0.333. The summed E-state index contributed by atoms with van der Waals surface area (Å²) in [6, 6.07) is 7.62. The van der Waals surface area contributed by atoms with Crippen molar-refractivity contribution < 1.29 is 9.53 Å². The van der Waals surface area contributed by atoms with Gasteiger partial charge in [-0.05, 0) is 26.0 Å². The number of nitrogens with one attached hydrogen (secondary N) is 1. The van der Waals surface area contributed by atoms with Crippen LogP contribution < -0.4 is 14.5 Å². The first-order chi connectivity index (χ1) is 10.2. The topological polar surface area (TPSA) is 61.5 Å². The van der Waals surface area contributed by atoms with Crippen molar-refractivity contribution >= 4 is 17.5 Å². The van der Waals surface area contributed by atoms with Crippen LogP contribution in [0.15, 0.2) is 30.6 Å². The van der Waals surface area contributed by atoms with E-state index in [1.165, 1.54) is 0 Å². The molecule has 2 aromatic rings. The monoisotopic (exact) mass is 284 g/mol. The minimum absolute atomic E-state index is 0.00324. The molecule has 1 N–H and O–H groups in total. The Morgan fingerprint density at radius 2 is 2.14 bits per heavy atom. The van der Waals surface area contributed by atoms with E-state index in [-0.39, 0.29) is 18.1 Å². The van der Waals surface area contributed by atoms with E-state index >= 15 is 0 Å². The predicted molar refractivity (Wildman–Crippen MR) is 78.9 cm³/mol. The number of aromatic nitrogens is 2. The van der Waals surface area contributed by atoms with Crippen LogP contribution in [0.3, 0.4) is 0 Å². The summed E-state index contributed by atoms with van der Waals surface area (Å²) < 4.78 is 5.80. The second-order valence-electron chi connectivity index (χ2n) is 5.46. The van der Waals surface area contributed by atoms with Gasteiger partial charge in [0.05, 0.1) is 29.8 Å². The molecule has 2 aliphatic heterocycles. The van der Waals surface area contributed by atoms with Gasteiger partial charge in [-0.1, -0.05) is 12.1 Å². The first-order valence-corrected chi connectivity index (χ1v) is 7.02. The first kappa shape index (κ1) is 12.3. The van der Waals surface area contributed by atoms with Crippen molar-refractivity contribution in [3.63, 3.8) is 0 Å².